The predicted octanol–water partition coefficient (Wildman–Crippen LogP) is 0.481. The summed E-state index contributed by atoms with van der Waals surface area (Å²) in [5, 5.41) is 77.2. The van der Waals surface area contributed by atoms with Crippen LogP contribution in [0.1, 0.15) is 121 Å². The third-order valence-corrected chi connectivity index (χ3v) is 12.9. The molecule has 24 heteroatoms. The number of hydrogen-bond acceptors (Lipinski definition) is 24. The summed E-state index contributed by atoms with van der Waals surface area (Å²) in [7, 11) is 0. The van der Waals surface area contributed by atoms with E-state index in [4.69, 9.17) is 37.9 Å². The molecule has 0 heterocycles. The Kier molecular flexibility index (Phi) is 29.5. The van der Waals surface area contributed by atoms with Crippen molar-refractivity contribution in [3.05, 3.63) is 0 Å². The Bertz CT molecular complexity index is 1820. The van der Waals surface area contributed by atoms with Gasteiger partial charge in [0.15, 0.2) is 0 Å². The Labute approximate surface area is 433 Å². The average Bonchev–Trinajstić information content (AvgIpc) is 3.33. The zero-order chi connectivity index (χ0) is 57.2. The van der Waals surface area contributed by atoms with Crippen LogP contribution in [0.5, 0.6) is 0 Å². The molecule has 0 saturated heterocycles. The summed E-state index contributed by atoms with van der Waals surface area (Å²) in [5.74, 6) is -8.20. The smallest absolute Gasteiger partial charge is 0.311 e. The second-order valence-corrected chi connectivity index (χ2v) is 21.3. The molecule has 7 unspecified atom stereocenters. The maximum atomic E-state index is 14.7. The third kappa shape index (κ3) is 20.5. The van der Waals surface area contributed by atoms with Crippen molar-refractivity contribution in [2.75, 3.05) is 106 Å². The van der Waals surface area contributed by atoms with Crippen LogP contribution in [-0.4, -0.2) is 194 Å². The summed E-state index contributed by atoms with van der Waals surface area (Å²) in [5.41, 5.74) is -15.3. The zero-order valence-electron chi connectivity index (χ0n) is 45.1. The van der Waals surface area contributed by atoms with E-state index < -0.39 is 235 Å². The molecule has 0 aromatic carbocycles. The highest BCUT2D eigenvalue weighted by Crippen LogP contribution is 2.55. The van der Waals surface area contributed by atoms with E-state index >= 15 is 0 Å². The number of rotatable bonds is 39. The van der Waals surface area contributed by atoms with Gasteiger partial charge in [-0.2, -0.15) is 0 Å². The molecule has 24 nitrogen and oxygen atoms in total. The fourth-order valence-corrected chi connectivity index (χ4v) is 10.3. The highest BCUT2D eigenvalue weighted by Gasteiger charge is 2.59. The molecular formula is C50H86O24. The largest absolute Gasteiger partial charge is 0.463 e. The molecule has 0 rings (SSSR count). The summed E-state index contributed by atoms with van der Waals surface area (Å²) < 4.78 is 43.3. The summed E-state index contributed by atoms with van der Waals surface area (Å²) in [6, 6.07) is 0. The summed E-state index contributed by atoms with van der Waals surface area (Å²) in [6.07, 6.45) is -4.15. The highest BCUT2D eigenvalue weighted by atomic mass is 16.6. The monoisotopic (exact) mass is 1070 g/mol. The van der Waals surface area contributed by atoms with E-state index in [1.54, 1.807) is 6.92 Å². The number of aliphatic hydroxyl groups is 8. The van der Waals surface area contributed by atoms with Gasteiger partial charge in [0.2, 0.25) is 0 Å². The lowest BCUT2D eigenvalue weighted by atomic mass is 9.56. The van der Waals surface area contributed by atoms with Crippen molar-refractivity contribution in [3.8, 4) is 0 Å². The molecule has 0 fully saturated rings. The van der Waals surface area contributed by atoms with E-state index in [0.29, 0.717) is 0 Å². The molecule has 0 radical (unpaired) electrons. The number of carbonyl (C=O) groups is 8. The first-order valence-corrected chi connectivity index (χ1v) is 24.6. The Morgan fingerprint density at radius 1 is 0.257 bits per heavy atom. The molecule has 0 saturated carbocycles. The van der Waals surface area contributed by atoms with Gasteiger partial charge in [0.05, 0.1) is 96.2 Å². The SMILES string of the molecule is CCC(C)(CC(C)(CC(C)(CC(C)(CC(C)(CC(C)(CC(C)(CC(C)(C)C(=O)OCCO)C(=O)OCCO)C(=O)OCCO)C(=O)OCCO)C(=O)OCCO)C(=O)OCCO)C(=O)OCCO)C(=O)OCCO. The third-order valence-electron chi connectivity index (χ3n) is 12.9. The maximum absolute atomic E-state index is 14.7. The summed E-state index contributed by atoms with van der Waals surface area (Å²) in [6.45, 7) is 4.62. The van der Waals surface area contributed by atoms with E-state index in [9.17, 15) is 79.2 Å². The Balaban J connectivity index is 8.64. The summed E-state index contributed by atoms with van der Waals surface area (Å²) >= 11 is 0. The van der Waals surface area contributed by atoms with Crippen LogP contribution >= 0.6 is 0 Å². The van der Waals surface area contributed by atoms with E-state index in [-0.39, 0.29) is 13.0 Å². The van der Waals surface area contributed by atoms with Crippen LogP contribution in [0.3, 0.4) is 0 Å². The van der Waals surface area contributed by atoms with Gasteiger partial charge in [-0.05, 0) is 114 Å². The molecule has 430 valence electrons. The Morgan fingerprint density at radius 3 is 0.581 bits per heavy atom. The quantitative estimate of drug-likeness (QED) is 0.0307. The van der Waals surface area contributed by atoms with E-state index in [0.717, 1.165) is 0 Å². The van der Waals surface area contributed by atoms with Gasteiger partial charge in [-0.25, -0.2) is 0 Å². The van der Waals surface area contributed by atoms with E-state index in [1.165, 1.54) is 62.3 Å². The van der Waals surface area contributed by atoms with Crippen molar-refractivity contribution in [2.45, 2.75) is 121 Å². The van der Waals surface area contributed by atoms with Crippen molar-refractivity contribution in [1.29, 1.82) is 0 Å². The first-order valence-electron chi connectivity index (χ1n) is 24.6. The Hall–Kier alpha value is -4.56. The molecule has 0 bridgehead atoms. The predicted molar refractivity (Wildman–Crippen MR) is 257 cm³/mol. The van der Waals surface area contributed by atoms with Crippen molar-refractivity contribution >= 4 is 47.8 Å². The van der Waals surface area contributed by atoms with Gasteiger partial charge in [-0.3, -0.25) is 38.4 Å². The van der Waals surface area contributed by atoms with Crippen molar-refractivity contribution < 1.29 is 117 Å². The van der Waals surface area contributed by atoms with Crippen LogP contribution < -0.4 is 0 Å². The second-order valence-electron chi connectivity index (χ2n) is 21.3. The first kappa shape index (κ1) is 69.4. The fraction of sp³-hybridized carbons (Fsp3) is 0.840. The molecule has 0 amide bonds. The molecule has 0 aromatic heterocycles. The van der Waals surface area contributed by atoms with Gasteiger partial charge < -0.3 is 78.7 Å². The van der Waals surface area contributed by atoms with Gasteiger partial charge in [0.25, 0.3) is 0 Å². The maximum Gasteiger partial charge on any atom is 0.311 e. The lowest BCUT2D eigenvalue weighted by Gasteiger charge is -2.46. The number of hydrogen-bond donors (Lipinski definition) is 8. The minimum atomic E-state index is -2.16. The van der Waals surface area contributed by atoms with Crippen LogP contribution in [0, 0.1) is 43.3 Å². The van der Waals surface area contributed by atoms with Gasteiger partial charge in [0.1, 0.15) is 52.9 Å². The normalized spacial score (nSPS) is 17.4. The zero-order valence-corrected chi connectivity index (χ0v) is 45.1. The molecule has 0 aliphatic carbocycles. The van der Waals surface area contributed by atoms with Crippen molar-refractivity contribution in [3.63, 3.8) is 0 Å². The van der Waals surface area contributed by atoms with Gasteiger partial charge in [-0.1, -0.05) is 6.92 Å². The highest BCUT2D eigenvalue weighted by molar-refractivity contribution is 5.87. The van der Waals surface area contributed by atoms with Crippen LogP contribution in [0.2, 0.25) is 0 Å². The lowest BCUT2D eigenvalue weighted by molar-refractivity contribution is -0.177. The standard InChI is InChI=1S/C50H86O24/c1-11-44(4,36(60)68-21-13-52)29-46(6,38(62)70-23-15-54)31-48(8,40(64)72-25-17-56)33-50(10,42(66)74-27-19-58)34-49(9,41(65)73-26-18-57)32-47(7,39(63)71-24-16-55)30-45(5,37(61)69-22-14-53)28-43(2,3)35(59)67-20-12-51/h51-58H,11-34H2,1-10H3. The number of aliphatic hydroxyl groups excluding tert-OH is 8. The van der Waals surface area contributed by atoms with Gasteiger partial charge in [0, 0.05) is 0 Å². The molecule has 0 aliphatic rings. The number of esters is 8. The van der Waals surface area contributed by atoms with Gasteiger partial charge >= 0.3 is 47.8 Å². The second kappa shape index (κ2) is 31.5. The van der Waals surface area contributed by atoms with Crippen molar-refractivity contribution in [1.82, 2.24) is 0 Å². The van der Waals surface area contributed by atoms with Crippen LogP contribution in [0.15, 0.2) is 0 Å². The fourth-order valence-electron chi connectivity index (χ4n) is 10.3. The molecule has 0 aromatic rings. The average molecular weight is 1070 g/mol. The van der Waals surface area contributed by atoms with E-state index in [1.807, 2.05) is 0 Å². The molecule has 0 spiro atoms. The number of ether oxygens (including phenoxy) is 8. The van der Waals surface area contributed by atoms with Crippen LogP contribution in [-0.2, 0) is 76.3 Å². The Morgan fingerprint density at radius 2 is 0.405 bits per heavy atom. The minimum Gasteiger partial charge on any atom is -0.463 e. The van der Waals surface area contributed by atoms with Gasteiger partial charge in [-0.15, -0.1) is 0 Å². The lowest BCUT2D eigenvalue weighted by Crippen LogP contribution is -2.51. The van der Waals surface area contributed by atoms with Crippen molar-refractivity contribution in [2.24, 2.45) is 43.3 Å². The topological polar surface area (TPSA) is 372 Å². The molecule has 7 atom stereocenters. The van der Waals surface area contributed by atoms with E-state index in [2.05, 4.69) is 0 Å². The molecule has 8 N–H and O–H groups in total. The molecular weight excluding hydrogens is 985 g/mol. The molecule has 0 aliphatic heterocycles. The van der Waals surface area contributed by atoms with Crippen LogP contribution in [0.25, 0.3) is 0 Å². The van der Waals surface area contributed by atoms with Crippen LogP contribution in [0.4, 0.5) is 0 Å². The molecule has 74 heavy (non-hydrogen) atoms. The number of carbonyl (C=O) groups excluding carboxylic acids is 8. The summed E-state index contributed by atoms with van der Waals surface area (Å²) in [4.78, 5) is 114. The minimum absolute atomic E-state index is 0.0499. The first-order chi connectivity index (χ1) is 34.4.